The van der Waals surface area contributed by atoms with E-state index in [1.807, 2.05) is 0 Å². The molecule has 0 fully saturated rings. The average molecular weight is 222 g/mol. The first kappa shape index (κ1) is 10.8. The Kier molecular flexibility index (Phi) is 3.35. The maximum atomic E-state index is 12.4. The van der Waals surface area contributed by atoms with Crippen LogP contribution in [-0.4, -0.2) is 11.3 Å². The molecule has 0 unspecified atom stereocenters. The third kappa shape index (κ3) is 1.98. The molecule has 0 spiro atoms. The van der Waals surface area contributed by atoms with E-state index in [4.69, 9.17) is 11.6 Å². The first-order valence-corrected chi connectivity index (χ1v) is 4.19. The normalized spacial score (nSPS) is 10.6. The SMILES string of the molecule is O=Cc1[nH]c(=O)cc(C(F)F)c1CCl. The van der Waals surface area contributed by atoms with E-state index in [0.29, 0.717) is 6.29 Å². The van der Waals surface area contributed by atoms with Crippen LogP contribution >= 0.6 is 11.6 Å². The lowest BCUT2D eigenvalue weighted by atomic mass is 10.1. The van der Waals surface area contributed by atoms with Gasteiger partial charge in [0.2, 0.25) is 5.56 Å². The smallest absolute Gasteiger partial charge is 0.264 e. The fourth-order valence-electron chi connectivity index (χ4n) is 1.07. The number of aromatic nitrogens is 1. The first-order valence-electron chi connectivity index (χ1n) is 3.65. The molecule has 76 valence electrons. The molecule has 1 rings (SSSR count). The summed E-state index contributed by atoms with van der Waals surface area (Å²) < 4.78 is 24.8. The van der Waals surface area contributed by atoms with Crippen molar-refractivity contribution >= 4 is 17.9 Å². The molecule has 0 saturated heterocycles. The molecule has 0 atom stereocenters. The number of H-pyrrole nitrogens is 1. The zero-order valence-electron chi connectivity index (χ0n) is 6.89. The number of halogens is 3. The predicted molar refractivity (Wildman–Crippen MR) is 47.0 cm³/mol. The van der Waals surface area contributed by atoms with Gasteiger partial charge < -0.3 is 4.98 Å². The highest BCUT2D eigenvalue weighted by Crippen LogP contribution is 2.23. The van der Waals surface area contributed by atoms with Gasteiger partial charge in [-0.05, 0) is 0 Å². The summed E-state index contributed by atoms with van der Waals surface area (Å²) in [5.74, 6) is -0.246. The molecule has 1 aromatic heterocycles. The molecule has 0 aliphatic rings. The third-order valence-electron chi connectivity index (χ3n) is 1.70. The molecule has 3 nitrogen and oxygen atoms in total. The Hall–Kier alpha value is -1.23. The lowest BCUT2D eigenvalue weighted by molar-refractivity contribution is 0.111. The van der Waals surface area contributed by atoms with E-state index in [0.717, 1.165) is 6.07 Å². The van der Waals surface area contributed by atoms with Crippen molar-refractivity contribution < 1.29 is 13.6 Å². The molecule has 14 heavy (non-hydrogen) atoms. The van der Waals surface area contributed by atoms with Crippen LogP contribution in [-0.2, 0) is 5.88 Å². The summed E-state index contributed by atoms with van der Waals surface area (Å²) >= 11 is 5.40. The minimum Gasteiger partial charge on any atom is -0.319 e. The molecule has 0 amide bonds. The fraction of sp³-hybridized carbons (Fsp3) is 0.250. The minimum absolute atomic E-state index is 0.0312. The molecule has 0 saturated carbocycles. The van der Waals surface area contributed by atoms with Gasteiger partial charge in [0.15, 0.2) is 6.29 Å². The second kappa shape index (κ2) is 4.32. The van der Waals surface area contributed by atoms with E-state index in [-0.39, 0.29) is 17.1 Å². The molecular formula is C8H6ClF2NO2. The Balaban J connectivity index is 3.47. The highest BCUT2D eigenvalue weighted by Gasteiger charge is 2.16. The summed E-state index contributed by atoms with van der Waals surface area (Å²) in [6.07, 6.45) is -2.52. The van der Waals surface area contributed by atoms with Gasteiger partial charge in [0, 0.05) is 17.2 Å². The van der Waals surface area contributed by atoms with Crippen molar-refractivity contribution in [1.82, 2.24) is 4.98 Å². The van der Waals surface area contributed by atoms with Crippen molar-refractivity contribution in [3.8, 4) is 0 Å². The summed E-state index contributed by atoms with van der Waals surface area (Å²) in [7, 11) is 0. The molecule has 0 aliphatic heterocycles. The van der Waals surface area contributed by atoms with Gasteiger partial charge in [-0.25, -0.2) is 8.78 Å². The summed E-state index contributed by atoms with van der Waals surface area (Å²) in [5, 5.41) is 0. The number of hydrogen-bond acceptors (Lipinski definition) is 2. The summed E-state index contributed by atoms with van der Waals surface area (Å²) in [4.78, 5) is 23.4. The molecule has 0 aliphatic carbocycles. The zero-order valence-corrected chi connectivity index (χ0v) is 7.65. The summed E-state index contributed by atoms with van der Waals surface area (Å²) in [5.41, 5.74) is -1.46. The summed E-state index contributed by atoms with van der Waals surface area (Å²) in [6.45, 7) is 0. The van der Waals surface area contributed by atoms with Crippen LogP contribution in [0.4, 0.5) is 8.78 Å². The van der Waals surface area contributed by atoms with Crippen LogP contribution in [0.2, 0.25) is 0 Å². The number of carbonyl (C=O) groups is 1. The Labute approximate surface area is 82.7 Å². The Morgan fingerprint density at radius 3 is 2.64 bits per heavy atom. The van der Waals surface area contributed by atoms with Crippen molar-refractivity contribution in [3.63, 3.8) is 0 Å². The molecule has 0 aromatic carbocycles. The van der Waals surface area contributed by atoms with E-state index in [1.165, 1.54) is 0 Å². The number of carbonyl (C=O) groups excluding carboxylic acids is 1. The maximum absolute atomic E-state index is 12.4. The van der Waals surface area contributed by atoms with E-state index in [9.17, 15) is 18.4 Å². The second-order valence-corrected chi connectivity index (χ2v) is 2.80. The zero-order chi connectivity index (χ0) is 10.7. The molecule has 0 radical (unpaired) electrons. The highest BCUT2D eigenvalue weighted by molar-refractivity contribution is 6.17. The quantitative estimate of drug-likeness (QED) is 0.626. The van der Waals surface area contributed by atoms with Crippen molar-refractivity contribution in [1.29, 1.82) is 0 Å². The Bertz CT molecular complexity index is 403. The van der Waals surface area contributed by atoms with Gasteiger partial charge in [-0.3, -0.25) is 9.59 Å². The van der Waals surface area contributed by atoms with Gasteiger partial charge in [-0.2, -0.15) is 0 Å². The van der Waals surface area contributed by atoms with Gasteiger partial charge in [0.25, 0.3) is 6.43 Å². The van der Waals surface area contributed by atoms with Gasteiger partial charge in [0.05, 0.1) is 11.6 Å². The number of rotatable bonds is 3. The van der Waals surface area contributed by atoms with Crippen LogP contribution in [0.5, 0.6) is 0 Å². The standard InChI is InChI=1S/C8H6ClF2NO2/c9-2-5-4(8(10)11)1-7(14)12-6(5)3-13/h1,3,8H,2H2,(H,12,14). The molecule has 1 N–H and O–H groups in total. The average Bonchev–Trinajstić information content (AvgIpc) is 2.16. The van der Waals surface area contributed by atoms with Crippen LogP contribution in [0.25, 0.3) is 0 Å². The van der Waals surface area contributed by atoms with Crippen molar-refractivity contribution in [3.05, 3.63) is 33.2 Å². The second-order valence-electron chi connectivity index (χ2n) is 2.53. The lowest BCUT2D eigenvalue weighted by Crippen LogP contribution is -2.13. The van der Waals surface area contributed by atoms with E-state index >= 15 is 0 Å². The Morgan fingerprint density at radius 1 is 1.57 bits per heavy atom. The number of nitrogens with one attached hydrogen (secondary N) is 1. The number of aldehydes is 1. The molecule has 1 heterocycles. The van der Waals surface area contributed by atoms with Gasteiger partial charge in [-0.15, -0.1) is 11.6 Å². The van der Waals surface area contributed by atoms with Crippen molar-refractivity contribution in [2.24, 2.45) is 0 Å². The topological polar surface area (TPSA) is 49.9 Å². The van der Waals surface area contributed by atoms with Crippen LogP contribution in [0, 0.1) is 0 Å². The predicted octanol–water partition coefficient (Wildman–Crippen LogP) is 1.86. The summed E-state index contributed by atoms with van der Waals surface area (Å²) in [6, 6.07) is 0.745. The number of hydrogen-bond donors (Lipinski definition) is 1. The highest BCUT2D eigenvalue weighted by atomic mass is 35.5. The molecule has 1 aromatic rings. The number of alkyl halides is 3. The van der Waals surface area contributed by atoms with E-state index in [1.54, 1.807) is 0 Å². The molecule has 6 heteroatoms. The fourth-order valence-corrected chi connectivity index (χ4v) is 1.37. The van der Waals surface area contributed by atoms with Crippen LogP contribution in [0.15, 0.2) is 10.9 Å². The Morgan fingerprint density at radius 2 is 2.21 bits per heavy atom. The van der Waals surface area contributed by atoms with Gasteiger partial charge >= 0.3 is 0 Å². The van der Waals surface area contributed by atoms with Crippen LogP contribution < -0.4 is 5.56 Å². The van der Waals surface area contributed by atoms with E-state index < -0.39 is 17.5 Å². The number of pyridine rings is 1. The maximum Gasteiger partial charge on any atom is 0.264 e. The lowest BCUT2D eigenvalue weighted by Gasteiger charge is -2.07. The van der Waals surface area contributed by atoms with Crippen LogP contribution in [0.1, 0.15) is 28.0 Å². The first-order chi connectivity index (χ1) is 6.60. The molecular weight excluding hydrogens is 216 g/mol. The molecule has 0 bridgehead atoms. The van der Waals surface area contributed by atoms with Gasteiger partial charge in [-0.1, -0.05) is 0 Å². The van der Waals surface area contributed by atoms with Crippen molar-refractivity contribution in [2.75, 3.05) is 0 Å². The monoisotopic (exact) mass is 221 g/mol. The van der Waals surface area contributed by atoms with Gasteiger partial charge in [0.1, 0.15) is 0 Å². The largest absolute Gasteiger partial charge is 0.319 e. The van der Waals surface area contributed by atoms with E-state index in [2.05, 4.69) is 4.98 Å². The van der Waals surface area contributed by atoms with Crippen molar-refractivity contribution in [2.45, 2.75) is 12.3 Å². The van der Waals surface area contributed by atoms with Crippen LogP contribution in [0.3, 0.4) is 0 Å². The number of aromatic amines is 1. The minimum atomic E-state index is -2.82. The third-order valence-corrected chi connectivity index (χ3v) is 1.97.